The molecule has 1 amide bonds. The summed E-state index contributed by atoms with van der Waals surface area (Å²) in [7, 11) is -3.74. The highest BCUT2D eigenvalue weighted by Gasteiger charge is 2.14. The first kappa shape index (κ1) is 21.7. The van der Waals surface area contributed by atoms with E-state index in [4.69, 9.17) is 9.56 Å². The van der Waals surface area contributed by atoms with Gasteiger partial charge in [0, 0.05) is 18.4 Å². The maximum Gasteiger partial charge on any atom is 0.238 e. The molecule has 1 atom stereocenters. The van der Waals surface area contributed by atoms with Gasteiger partial charge in [-0.15, -0.1) is 0 Å². The van der Waals surface area contributed by atoms with E-state index in [1.807, 2.05) is 26.0 Å². The summed E-state index contributed by atoms with van der Waals surface area (Å²) in [5.41, 5.74) is 4.13. The fourth-order valence-corrected chi connectivity index (χ4v) is 3.53. The molecule has 2 aromatic carbocycles. The van der Waals surface area contributed by atoms with Gasteiger partial charge in [-0.25, -0.2) is 18.5 Å². The van der Waals surface area contributed by atoms with Gasteiger partial charge in [0.25, 0.3) is 0 Å². The summed E-state index contributed by atoms with van der Waals surface area (Å²) in [6.45, 7) is 5.93. The molecule has 0 aliphatic rings. The van der Waals surface area contributed by atoms with Crippen LogP contribution in [-0.4, -0.2) is 19.3 Å². The standard InChI is InChI=1S/C22H25N3O4S/c1-14-4-5-18(12-15(14)2)20-13-24-22(29-20)11-10-21(26)25-16(3)17-6-8-19(9-7-17)30(23,27)28/h4-9,12-13,16H,10-11H2,1-3H3,(H,25,26)(H2,23,27,28)/t16-/m1/s1. The predicted octanol–water partition coefficient (Wildman–Crippen LogP) is 3.42. The third-order valence-electron chi connectivity index (χ3n) is 5.00. The third-order valence-corrected chi connectivity index (χ3v) is 5.93. The average Bonchev–Trinajstić information content (AvgIpc) is 3.17. The average molecular weight is 428 g/mol. The summed E-state index contributed by atoms with van der Waals surface area (Å²) >= 11 is 0. The van der Waals surface area contributed by atoms with Crippen molar-refractivity contribution in [2.45, 2.75) is 44.6 Å². The zero-order valence-corrected chi connectivity index (χ0v) is 18.0. The second kappa shape index (κ2) is 8.81. The largest absolute Gasteiger partial charge is 0.441 e. The second-order valence-electron chi connectivity index (χ2n) is 7.32. The number of carbonyl (C=O) groups is 1. The highest BCUT2D eigenvalue weighted by molar-refractivity contribution is 7.89. The Bertz CT molecular complexity index is 1150. The molecule has 1 heterocycles. The maximum absolute atomic E-state index is 12.3. The zero-order valence-electron chi connectivity index (χ0n) is 17.2. The van der Waals surface area contributed by atoms with Crippen LogP contribution >= 0.6 is 0 Å². The van der Waals surface area contributed by atoms with Gasteiger partial charge in [0.2, 0.25) is 15.9 Å². The highest BCUT2D eigenvalue weighted by Crippen LogP contribution is 2.23. The van der Waals surface area contributed by atoms with Crippen molar-refractivity contribution in [1.82, 2.24) is 10.3 Å². The summed E-state index contributed by atoms with van der Waals surface area (Å²) in [5, 5.41) is 7.99. The summed E-state index contributed by atoms with van der Waals surface area (Å²) in [6.07, 6.45) is 2.28. The topological polar surface area (TPSA) is 115 Å². The third kappa shape index (κ3) is 5.34. The van der Waals surface area contributed by atoms with Gasteiger partial charge in [0.1, 0.15) is 0 Å². The van der Waals surface area contributed by atoms with Crippen LogP contribution in [0, 0.1) is 13.8 Å². The molecule has 3 N–H and O–H groups in total. The van der Waals surface area contributed by atoms with E-state index >= 15 is 0 Å². The van der Waals surface area contributed by atoms with E-state index in [0.717, 1.165) is 11.1 Å². The number of hydrogen-bond donors (Lipinski definition) is 2. The molecule has 7 nitrogen and oxygen atoms in total. The van der Waals surface area contributed by atoms with Crippen LogP contribution in [0.4, 0.5) is 0 Å². The lowest BCUT2D eigenvalue weighted by atomic mass is 10.1. The second-order valence-corrected chi connectivity index (χ2v) is 8.88. The molecule has 0 radical (unpaired) electrons. The van der Waals surface area contributed by atoms with Crippen LogP contribution in [-0.2, 0) is 21.2 Å². The van der Waals surface area contributed by atoms with Gasteiger partial charge >= 0.3 is 0 Å². The molecule has 0 saturated carbocycles. The van der Waals surface area contributed by atoms with Crippen molar-refractivity contribution in [3.63, 3.8) is 0 Å². The molecule has 158 valence electrons. The molecule has 8 heteroatoms. The van der Waals surface area contributed by atoms with Gasteiger partial charge in [-0.2, -0.15) is 0 Å². The lowest BCUT2D eigenvalue weighted by Crippen LogP contribution is -2.26. The number of benzene rings is 2. The fourth-order valence-electron chi connectivity index (χ4n) is 3.02. The van der Waals surface area contributed by atoms with Gasteiger partial charge in [-0.1, -0.05) is 24.3 Å². The molecule has 0 saturated heterocycles. The van der Waals surface area contributed by atoms with Crippen LogP contribution in [0.5, 0.6) is 0 Å². The number of primary sulfonamides is 1. The number of sulfonamides is 1. The zero-order chi connectivity index (χ0) is 21.9. The maximum atomic E-state index is 12.3. The quantitative estimate of drug-likeness (QED) is 0.599. The lowest BCUT2D eigenvalue weighted by molar-refractivity contribution is -0.121. The number of amides is 1. The summed E-state index contributed by atoms with van der Waals surface area (Å²) in [4.78, 5) is 16.6. The van der Waals surface area contributed by atoms with Crippen LogP contribution in [0.3, 0.4) is 0 Å². The van der Waals surface area contributed by atoms with Crippen LogP contribution in [0.2, 0.25) is 0 Å². The van der Waals surface area contributed by atoms with Crippen molar-refractivity contribution in [2.24, 2.45) is 5.14 Å². The smallest absolute Gasteiger partial charge is 0.238 e. The van der Waals surface area contributed by atoms with Crippen molar-refractivity contribution < 1.29 is 17.6 Å². The lowest BCUT2D eigenvalue weighted by Gasteiger charge is -2.14. The van der Waals surface area contributed by atoms with Gasteiger partial charge < -0.3 is 9.73 Å². The Morgan fingerprint density at radius 3 is 2.47 bits per heavy atom. The number of hydrogen-bond acceptors (Lipinski definition) is 5. The number of aromatic nitrogens is 1. The van der Waals surface area contributed by atoms with Crippen molar-refractivity contribution >= 4 is 15.9 Å². The minimum atomic E-state index is -3.74. The van der Waals surface area contributed by atoms with Crippen molar-refractivity contribution in [2.75, 3.05) is 0 Å². The fraction of sp³-hybridized carbons (Fsp3) is 0.273. The molecular formula is C22H25N3O4S. The molecule has 0 spiro atoms. The first-order valence-corrected chi connectivity index (χ1v) is 11.1. The number of nitrogens with one attached hydrogen (secondary N) is 1. The Balaban J connectivity index is 1.55. The number of oxazole rings is 1. The number of nitrogens with zero attached hydrogens (tertiary/aromatic N) is 1. The minimum Gasteiger partial charge on any atom is -0.441 e. The van der Waals surface area contributed by atoms with E-state index in [-0.39, 0.29) is 23.3 Å². The Hall–Kier alpha value is -2.97. The monoisotopic (exact) mass is 427 g/mol. The minimum absolute atomic E-state index is 0.0354. The Labute approximate surface area is 176 Å². The van der Waals surface area contributed by atoms with E-state index in [1.54, 1.807) is 18.3 Å². The predicted molar refractivity (Wildman–Crippen MR) is 114 cm³/mol. The molecular weight excluding hydrogens is 402 g/mol. The first-order valence-electron chi connectivity index (χ1n) is 9.58. The molecule has 0 bridgehead atoms. The normalized spacial score (nSPS) is 12.5. The molecule has 3 aromatic rings. The summed E-state index contributed by atoms with van der Waals surface area (Å²) in [5.74, 6) is 1.03. The van der Waals surface area contributed by atoms with E-state index in [9.17, 15) is 13.2 Å². The SMILES string of the molecule is Cc1ccc(-c2cnc(CCC(=O)N[C@H](C)c3ccc(S(N)(=O)=O)cc3)o2)cc1C. The molecule has 0 aliphatic carbocycles. The molecule has 0 unspecified atom stereocenters. The van der Waals surface area contributed by atoms with Crippen LogP contribution in [0.25, 0.3) is 11.3 Å². The summed E-state index contributed by atoms with van der Waals surface area (Å²) < 4.78 is 28.4. The van der Waals surface area contributed by atoms with Gasteiger partial charge in [0.15, 0.2) is 11.7 Å². The molecule has 1 aromatic heterocycles. The Morgan fingerprint density at radius 2 is 1.83 bits per heavy atom. The highest BCUT2D eigenvalue weighted by atomic mass is 32.2. The molecule has 0 aliphatic heterocycles. The Kier molecular flexibility index (Phi) is 6.38. The van der Waals surface area contributed by atoms with Gasteiger partial charge in [0.05, 0.1) is 17.1 Å². The van der Waals surface area contributed by atoms with Crippen LogP contribution in [0.15, 0.2) is 58.0 Å². The molecule has 0 fully saturated rings. The van der Waals surface area contributed by atoms with Crippen molar-refractivity contribution in [3.8, 4) is 11.3 Å². The van der Waals surface area contributed by atoms with Gasteiger partial charge in [-0.05, 0) is 55.7 Å². The number of rotatable bonds is 7. The van der Waals surface area contributed by atoms with Crippen molar-refractivity contribution in [1.29, 1.82) is 0 Å². The van der Waals surface area contributed by atoms with E-state index < -0.39 is 10.0 Å². The van der Waals surface area contributed by atoms with E-state index in [1.165, 1.54) is 23.3 Å². The van der Waals surface area contributed by atoms with Crippen LogP contribution in [0.1, 0.15) is 42.0 Å². The first-order chi connectivity index (χ1) is 14.1. The summed E-state index contributed by atoms with van der Waals surface area (Å²) in [6, 6.07) is 11.9. The molecule has 3 rings (SSSR count). The van der Waals surface area contributed by atoms with E-state index in [0.29, 0.717) is 18.1 Å². The molecule has 30 heavy (non-hydrogen) atoms. The van der Waals surface area contributed by atoms with E-state index in [2.05, 4.69) is 23.3 Å². The Morgan fingerprint density at radius 1 is 1.13 bits per heavy atom. The number of nitrogens with two attached hydrogens (primary N) is 1. The number of carbonyl (C=O) groups excluding carboxylic acids is 1. The van der Waals surface area contributed by atoms with Crippen LogP contribution < -0.4 is 10.5 Å². The van der Waals surface area contributed by atoms with Gasteiger partial charge in [-0.3, -0.25) is 4.79 Å². The van der Waals surface area contributed by atoms with Crippen molar-refractivity contribution in [3.05, 3.63) is 71.2 Å². The number of aryl methyl sites for hydroxylation is 3.